The fourth-order valence-corrected chi connectivity index (χ4v) is 3.74. The number of thiazole rings is 1. The van der Waals surface area contributed by atoms with Crippen LogP contribution in [-0.2, 0) is 4.79 Å². The molecule has 1 N–H and O–H groups in total. The van der Waals surface area contributed by atoms with Crippen LogP contribution in [0.15, 0.2) is 72.8 Å². The fourth-order valence-electron chi connectivity index (χ4n) is 2.77. The highest BCUT2D eigenvalue weighted by molar-refractivity contribution is 7.21. The second kappa shape index (κ2) is 8.10. The zero-order valence-electron chi connectivity index (χ0n) is 15.2. The molecule has 4 rings (SSSR count). The molecule has 0 atom stereocenters. The first kappa shape index (κ1) is 18.0. The normalized spacial score (nSPS) is 10.6. The van der Waals surface area contributed by atoms with Gasteiger partial charge in [0.25, 0.3) is 5.91 Å². The molecule has 0 fully saturated rings. The van der Waals surface area contributed by atoms with Crippen LogP contribution < -0.4 is 14.8 Å². The van der Waals surface area contributed by atoms with Gasteiger partial charge in [-0.25, -0.2) is 4.98 Å². The van der Waals surface area contributed by atoms with Crippen molar-refractivity contribution in [2.24, 2.45) is 0 Å². The number of fused-ring (bicyclic) bond motifs is 1. The molecule has 0 radical (unpaired) electrons. The molecule has 140 valence electrons. The van der Waals surface area contributed by atoms with E-state index < -0.39 is 0 Å². The quantitative estimate of drug-likeness (QED) is 0.504. The van der Waals surface area contributed by atoms with Crippen molar-refractivity contribution in [2.75, 3.05) is 19.0 Å². The maximum atomic E-state index is 12.2. The maximum Gasteiger partial charge on any atom is 0.262 e. The Labute approximate surface area is 166 Å². The molecule has 4 aromatic rings. The Hall–Kier alpha value is -3.38. The minimum absolute atomic E-state index is 0.0972. The fraction of sp³-hybridized carbons (Fsp3) is 0.0909. The number of ether oxygens (including phenoxy) is 2. The molecule has 1 amide bonds. The largest absolute Gasteiger partial charge is 0.493 e. The van der Waals surface area contributed by atoms with Crippen LogP contribution >= 0.6 is 11.3 Å². The minimum atomic E-state index is -0.237. The van der Waals surface area contributed by atoms with Crippen LogP contribution in [0.3, 0.4) is 0 Å². The van der Waals surface area contributed by atoms with Crippen LogP contribution in [0.25, 0.3) is 20.8 Å². The zero-order chi connectivity index (χ0) is 19.3. The van der Waals surface area contributed by atoms with E-state index in [1.807, 2.05) is 54.6 Å². The Morgan fingerprint density at radius 1 is 0.964 bits per heavy atom. The van der Waals surface area contributed by atoms with Crippen LogP contribution in [-0.4, -0.2) is 24.6 Å². The van der Waals surface area contributed by atoms with Crippen molar-refractivity contribution in [3.05, 3.63) is 72.8 Å². The van der Waals surface area contributed by atoms with E-state index in [2.05, 4.69) is 16.4 Å². The lowest BCUT2D eigenvalue weighted by molar-refractivity contribution is -0.118. The number of para-hydroxylation sites is 3. The summed E-state index contributed by atoms with van der Waals surface area (Å²) in [6, 6.07) is 22.9. The highest BCUT2D eigenvalue weighted by Crippen LogP contribution is 2.30. The molecule has 0 bridgehead atoms. The zero-order valence-corrected chi connectivity index (χ0v) is 16.0. The van der Waals surface area contributed by atoms with Gasteiger partial charge < -0.3 is 14.8 Å². The summed E-state index contributed by atoms with van der Waals surface area (Å²) in [4.78, 5) is 16.8. The number of hydrogen-bond acceptors (Lipinski definition) is 5. The van der Waals surface area contributed by atoms with Crippen LogP contribution in [0.1, 0.15) is 0 Å². The summed E-state index contributed by atoms with van der Waals surface area (Å²) in [5.74, 6) is 0.889. The van der Waals surface area contributed by atoms with E-state index in [-0.39, 0.29) is 12.5 Å². The first-order valence-electron chi connectivity index (χ1n) is 8.74. The summed E-state index contributed by atoms with van der Waals surface area (Å²) in [6.07, 6.45) is 0. The predicted octanol–water partition coefficient (Wildman–Crippen LogP) is 4.99. The van der Waals surface area contributed by atoms with Gasteiger partial charge in [0.15, 0.2) is 18.1 Å². The number of nitrogens with zero attached hydrogens (tertiary/aromatic N) is 1. The Kier molecular flexibility index (Phi) is 5.21. The average molecular weight is 390 g/mol. The molecule has 0 aliphatic carbocycles. The molecule has 3 aromatic carbocycles. The number of anilines is 1. The number of carbonyl (C=O) groups excluding carboxylic acids is 1. The van der Waals surface area contributed by atoms with Gasteiger partial charge in [-0.05, 0) is 48.5 Å². The van der Waals surface area contributed by atoms with Crippen LogP contribution in [0.2, 0.25) is 0 Å². The first-order chi connectivity index (χ1) is 13.7. The predicted molar refractivity (Wildman–Crippen MR) is 112 cm³/mol. The molecule has 6 heteroatoms. The molecule has 28 heavy (non-hydrogen) atoms. The van der Waals surface area contributed by atoms with E-state index in [0.717, 1.165) is 20.8 Å². The van der Waals surface area contributed by atoms with E-state index in [0.29, 0.717) is 17.2 Å². The van der Waals surface area contributed by atoms with E-state index in [9.17, 15) is 4.79 Å². The number of hydrogen-bond donors (Lipinski definition) is 1. The van der Waals surface area contributed by atoms with Gasteiger partial charge in [0, 0.05) is 11.3 Å². The van der Waals surface area contributed by atoms with E-state index in [4.69, 9.17) is 9.47 Å². The summed E-state index contributed by atoms with van der Waals surface area (Å²) >= 11 is 1.65. The maximum absolute atomic E-state index is 12.2. The van der Waals surface area contributed by atoms with Gasteiger partial charge in [0.2, 0.25) is 0 Å². The summed E-state index contributed by atoms with van der Waals surface area (Å²) < 4.78 is 11.9. The van der Waals surface area contributed by atoms with Crippen molar-refractivity contribution in [3.63, 3.8) is 0 Å². The lowest BCUT2D eigenvalue weighted by atomic mass is 10.2. The van der Waals surface area contributed by atoms with Crippen molar-refractivity contribution < 1.29 is 14.3 Å². The van der Waals surface area contributed by atoms with Gasteiger partial charge >= 0.3 is 0 Å². The number of benzene rings is 3. The highest BCUT2D eigenvalue weighted by Gasteiger charge is 2.09. The van der Waals surface area contributed by atoms with Crippen molar-refractivity contribution in [3.8, 4) is 22.1 Å². The van der Waals surface area contributed by atoms with E-state index in [1.54, 1.807) is 30.6 Å². The summed E-state index contributed by atoms with van der Waals surface area (Å²) in [5.41, 5.74) is 2.72. The molecule has 1 heterocycles. The standard InChI is InChI=1S/C22H18N2O3S/c1-26-18-7-3-4-8-19(18)27-14-21(25)23-16-12-10-15(11-13-16)22-24-17-6-2-5-9-20(17)28-22/h2-13H,14H2,1H3,(H,23,25). The average Bonchev–Trinajstić information content (AvgIpc) is 3.17. The number of carbonyl (C=O) groups is 1. The second-order valence-electron chi connectivity index (χ2n) is 6.05. The van der Waals surface area contributed by atoms with Crippen LogP contribution in [0, 0.1) is 0 Å². The molecular weight excluding hydrogens is 372 g/mol. The summed E-state index contributed by atoms with van der Waals surface area (Å²) in [6.45, 7) is -0.0972. The lowest BCUT2D eigenvalue weighted by Crippen LogP contribution is -2.20. The monoisotopic (exact) mass is 390 g/mol. The Morgan fingerprint density at radius 2 is 1.68 bits per heavy atom. The number of methoxy groups -OCH3 is 1. The third kappa shape index (κ3) is 3.97. The topological polar surface area (TPSA) is 60.5 Å². The minimum Gasteiger partial charge on any atom is -0.493 e. The van der Waals surface area contributed by atoms with Crippen molar-refractivity contribution in [2.45, 2.75) is 0 Å². The molecule has 0 aliphatic rings. The Balaban J connectivity index is 1.39. The van der Waals surface area contributed by atoms with Crippen LogP contribution in [0.4, 0.5) is 5.69 Å². The van der Waals surface area contributed by atoms with Gasteiger partial charge in [-0.2, -0.15) is 0 Å². The Bertz CT molecular complexity index is 1070. The number of aromatic nitrogens is 1. The molecule has 0 spiro atoms. The molecule has 5 nitrogen and oxygen atoms in total. The molecule has 0 saturated heterocycles. The molecule has 0 unspecified atom stereocenters. The number of rotatable bonds is 6. The van der Waals surface area contributed by atoms with Gasteiger partial charge in [-0.1, -0.05) is 24.3 Å². The van der Waals surface area contributed by atoms with Gasteiger partial charge in [0.1, 0.15) is 5.01 Å². The Morgan fingerprint density at radius 3 is 2.43 bits per heavy atom. The number of amides is 1. The molecule has 0 saturated carbocycles. The van der Waals surface area contributed by atoms with Crippen molar-refractivity contribution >= 4 is 33.1 Å². The lowest BCUT2D eigenvalue weighted by Gasteiger charge is -2.10. The van der Waals surface area contributed by atoms with Crippen LogP contribution in [0.5, 0.6) is 11.5 Å². The third-order valence-corrected chi connectivity index (χ3v) is 5.22. The van der Waals surface area contributed by atoms with Crippen molar-refractivity contribution in [1.29, 1.82) is 0 Å². The highest BCUT2D eigenvalue weighted by atomic mass is 32.1. The van der Waals surface area contributed by atoms with Gasteiger partial charge in [-0.15, -0.1) is 11.3 Å². The smallest absolute Gasteiger partial charge is 0.262 e. The number of nitrogens with one attached hydrogen (secondary N) is 1. The summed E-state index contributed by atoms with van der Waals surface area (Å²) in [5, 5.41) is 3.79. The van der Waals surface area contributed by atoms with Gasteiger partial charge in [0.05, 0.1) is 17.3 Å². The van der Waals surface area contributed by atoms with E-state index >= 15 is 0 Å². The van der Waals surface area contributed by atoms with Gasteiger partial charge in [-0.3, -0.25) is 4.79 Å². The summed E-state index contributed by atoms with van der Waals surface area (Å²) in [7, 11) is 1.56. The molecule has 1 aromatic heterocycles. The molecule has 0 aliphatic heterocycles. The first-order valence-corrected chi connectivity index (χ1v) is 9.56. The second-order valence-corrected chi connectivity index (χ2v) is 7.08. The van der Waals surface area contributed by atoms with Crippen molar-refractivity contribution in [1.82, 2.24) is 4.98 Å². The van der Waals surface area contributed by atoms with E-state index in [1.165, 1.54) is 0 Å². The SMILES string of the molecule is COc1ccccc1OCC(=O)Nc1ccc(-c2nc3ccccc3s2)cc1. The molecular formula is C22H18N2O3S. The third-order valence-electron chi connectivity index (χ3n) is 4.14.